The zero-order chi connectivity index (χ0) is 17.3. The number of hydrogen-bond donors (Lipinski definition) is 0. The molecule has 6 rings (SSSR count). The molecule has 2 atom stereocenters. The Labute approximate surface area is 154 Å². The van der Waals surface area contributed by atoms with E-state index in [4.69, 9.17) is 0 Å². The number of aryl methyl sites for hydroxylation is 1. The Morgan fingerprint density at radius 3 is 2.08 bits per heavy atom. The first kappa shape index (κ1) is 14.3. The monoisotopic (exact) mass is 332 g/mol. The lowest BCUT2D eigenvalue weighted by molar-refractivity contribution is 0.464. The topological polar surface area (TPSA) is 0 Å². The third-order valence-corrected chi connectivity index (χ3v) is 6.69. The van der Waals surface area contributed by atoms with Gasteiger partial charge in [0, 0.05) is 11.8 Å². The van der Waals surface area contributed by atoms with Gasteiger partial charge >= 0.3 is 0 Å². The summed E-state index contributed by atoms with van der Waals surface area (Å²) in [6.07, 6.45) is 9.32. The molecule has 0 N–H and O–H groups in total. The lowest BCUT2D eigenvalue weighted by Crippen LogP contribution is -2.33. The van der Waals surface area contributed by atoms with Crippen molar-refractivity contribution in [3.05, 3.63) is 119 Å². The van der Waals surface area contributed by atoms with Crippen LogP contribution in [-0.2, 0) is 5.41 Å². The molecular weight excluding hydrogens is 312 g/mol. The van der Waals surface area contributed by atoms with Gasteiger partial charge in [-0.25, -0.2) is 0 Å². The van der Waals surface area contributed by atoms with E-state index < -0.39 is 0 Å². The van der Waals surface area contributed by atoms with E-state index in [-0.39, 0.29) is 5.41 Å². The molecule has 0 bridgehead atoms. The van der Waals surface area contributed by atoms with Crippen LogP contribution >= 0.6 is 0 Å². The molecule has 0 aliphatic heterocycles. The molecule has 0 amide bonds. The van der Waals surface area contributed by atoms with Gasteiger partial charge in [-0.05, 0) is 45.9 Å². The molecule has 0 nitrogen and oxygen atoms in total. The number of rotatable bonds is 0. The third kappa shape index (κ3) is 1.48. The van der Waals surface area contributed by atoms with Crippen LogP contribution in [0.2, 0.25) is 0 Å². The zero-order valence-corrected chi connectivity index (χ0v) is 14.8. The quantitative estimate of drug-likeness (QED) is 0.463. The minimum Gasteiger partial charge on any atom is -0.0789 e. The summed E-state index contributed by atoms with van der Waals surface area (Å²) < 4.78 is 0. The standard InChI is InChI=1S/C26H20/c1-17-9-8-13-21-20-12-4-7-16-24(20)26(25(17)21)22-14-5-2-10-18(22)19-11-3-6-15-23(19)26/h2-16,20,24H,1H3. The van der Waals surface area contributed by atoms with E-state index in [0.717, 1.165) is 0 Å². The van der Waals surface area contributed by atoms with Gasteiger partial charge in [-0.2, -0.15) is 0 Å². The predicted molar refractivity (Wildman–Crippen MR) is 107 cm³/mol. The lowest BCUT2D eigenvalue weighted by Gasteiger charge is -2.36. The summed E-state index contributed by atoms with van der Waals surface area (Å²) in [7, 11) is 0. The van der Waals surface area contributed by atoms with Crippen LogP contribution < -0.4 is 0 Å². The molecule has 0 fully saturated rings. The van der Waals surface area contributed by atoms with Gasteiger partial charge in [0.1, 0.15) is 0 Å². The lowest BCUT2D eigenvalue weighted by atomic mass is 9.65. The minimum atomic E-state index is -0.0697. The zero-order valence-electron chi connectivity index (χ0n) is 14.8. The van der Waals surface area contributed by atoms with Crippen molar-refractivity contribution in [3.63, 3.8) is 0 Å². The van der Waals surface area contributed by atoms with Gasteiger partial charge in [0.25, 0.3) is 0 Å². The molecule has 2 unspecified atom stereocenters. The van der Waals surface area contributed by atoms with Gasteiger partial charge in [-0.3, -0.25) is 0 Å². The molecule has 3 aromatic carbocycles. The number of fused-ring (bicyclic) bond motifs is 10. The molecule has 3 aliphatic carbocycles. The second kappa shape index (κ2) is 4.86. The molecule has 0 saturated carbocycles. The average molecular weight is 332 g/mol. The Balaban J connectivity index is 1.83. The van der Waals surface area contributed by atoms with E-state index in [9.17, 15) is 0 Å². The number of benzene rings is 3. The van der Waals surface area contributed by atoms with E-state index in [0.29, 0.717) is 11.8 Å². The van der Waals surface area contributed by atoms with E-state index in [2.05, 4.69) is 98.0 Å². The summed E-state index contributed by atoms with van der Waals surface area (Å²) in [4.78, 5) is 0. The fourth-order valence-corrected chi connectivity index (χ4v) is 5.89. The first-order valence-electron chi connectivity index (χ1n) is 9.48. The number of allylic oxidation sites excluding steroid dienone is 4. The van der Waals surface area contributed by atoms with Crippen molar-refractivity contribution in [2.24, 2.45) is 5.92 Å². The second-order valence-corrected chi connectivity index (χ2v) is 7.76. The second-order valence-electron chi connectivity index (χ2n) is 7.76. The highest BCUT2D eigenvalue weighted by atomic mass is 14.6. The molecule has 0 heterocycles. The molecule has 3 aliphatic rings. The van der Waals surface area contributed by atoms with Gasteiger partial charge in [-0.15, -0.1) is 0 Å². The van der Waals surface area contributed by atoms with Crippen LogP contribution in [0.4, 0.5) is 0 Å². The Morgan fingerprint density at radius 2 is 1.35 bits per heavy atom. The summed E-state index contributed by atoms with van der Waals surface area (Å²) in [5, 5.41) is 0. The molecule has 3 aromatic rings. The van der Waals surface area contributed by atoms with Gasteiger partial charge in [0.15, 0.2) is 0 Å². The Hall–Kier alpha value is -2.86. The van der Waals surface area contributed by atoms with E-state index in [1.165, 1.54) is 38.9 Å². The molecule has 0 saturated heterocycles. The Bertz CT molecular complexity index is 1070. The van der Waals surface area contributed by atoms with Crippen LogP contribution in [0, 0.1) is 12.8 Å². The fourth-order valence-electron chi connectivity index (χ4n) is 5.89. The van der Waals surface area contributed by atoms with Crippen LogP contribution in [0.5, 0.6) is 0 Å². The molecule has 0 radical (unpaired) electrons. The average Bonchev–Trinajstić information content (AvgIpc) is 3.16. The van der Waals surface area contributed by atoms with E-state index >= 15 is 0 Å². The third-order valence-electron chi connectivity index (χ3n) is 6.69. The number of hydrogen-bond acceptors (Lipinski definition) is 0. The predicted octanol–water partition coefficient (Wildman–Crippen LogP) is 6.15. The molecule has 0 heteroatoms. The maximum Gasteiger partial charge on any atom is 0.0540 e. The van der Waals surface area contributed by atoms with Crippen molar-refractivity contribution in [1.82, 2.24) is 0 Å². The molecule has 0 aromatic heterocycles. The first-order valence-corrected chi connectivity index (χ1v) is 9.48. The minimum absolute atomic E-state index is 0.0697. The van der Waals surface area contributed by atoms with Crippen LogP contribution in [0.3, 0.4) is 0 Å². The summed E-state index contributed by atoms with van der Waals surface area (Å²) in [6, 6.07) is 25.0. The first-order chi connectivity index (χ1) is 12.8. The largest absolute Gasteiger partial charge is 0.0789 e. The van der Waals surface area contributed by atoms with Crippen LogP contribution in [0.15, 0.2) is 91.0 Å². The highest BCUT2D eigenvalue weighted by molar-refractivity contribution is 5.86. The SMILES string of the molecule is Cc1cccc2c1C1(c3ccccc3-c3ccccc31)C1C=CC=CC21. The maximum atomic E-state index is 2.45. The van der Waals surface area contributed by atoms with Gasteiger partial charge in [-0.1, -0.05) is 91.0 Å². The molecule has 1 spiro atoms. The molecule has 124 valence electrons. The molecule has 26 heavy (non-hydrogen) atoms. The van der Waals surface area contributed by atoms with Crippen LogP contribution in [0.1, 0.15) is 33.7 Å². The fraction of sp³-hybridized carbons (Fsp3) is 0.154. The van der Waals surface area contributed by atoms with E-state index in [1.54, 1.807) is 0 Å². The van der Waals surface area contributed by atoms with Gasteiger partial charge in [0.2, 0.25) is 0 Å². The highest BCUT2D eigenvalue weighted by Crippen LogP contribution is 2.65. The highest BCUT2D eigenvalue weighted by Gasteiger charge is 2.57. The van der Waals surface area contributed by atoms with Gasteiger partial charge in [0.05, 0.1) is 5.41 Å². The summed E-state index contributed by atoms with van der Waals surface area (Å²) >= 11 is 0. The summed E-state index contributed by atoms with van der Waals surface area (Å²) in [5.41, 5.74) is 10.1. The van der Waals surface area contributed by atoms with Crippen molar-refractivity contribution in [2.45, 2.75) is 18.3 Å². The smallest absolute Gasteiger partial charge is 0.0540 e. The van der Waals surface area contributed by atoms with Crippen molar-refractivity contribution in [2.75, 3.05) is 0 Å². The van der Waals surface area contributed by atoms with Crippen molar-refractivity contribution in [1.29, 1.82) is 0 Å². The van der Waals surface area contributed by atoms with Crippen molar-refractivity contribution in [3.8, 4) is 11.1 Å². The van der Waals surface area contributed by atoms with Crippen LogP contribution in [0.25, 0.3) is 11.1 Å². The molecular formula is C26H20. The van der Waals surface area contributed by atoms with E-state index in [1.807, 2.05) is 0 Å². The van der Waals surface area contributed by atoms with Crippen molar-refractivity contribution < 1.29 is 0 Å². The Morgan fingerprint density at radius 1 is 0.692 bits per heavy atom. The van der Waals surface area contributed by atoms with Crippen molar-refractivity contribution >= 4 is 0 Å². The normalized spacial score (nSPS) is 22.8. The summed E-state index contributed by atoms with van der Waals surface area (Å²) in [5.74, 6) is 0.891. The van der Waals surface area contributed by atoms with Crippen LogP contribution in [-0.4, -0.2) is 0 Å². The Kier molecular flexibility index (Phi) is 2.68. The maximum absolute atomic E-state index is 2.45. The summed E-state index contributed by atoms with van der Waals surface area (Å²) in [6.45, 7) is 2.29. The van der Waals surface area contributed by atoms with Gasteiger partial charge < -0.3 is 0 Å².